The fourth-order valence-electron chi connectivity index (χ4n) is 11.6. The lowest BCUT2D eigenvalue weighted by Gasteiger charge is -2.40. The summed E-state index contributed by atoms with van der Waals surface area (Å²) in [5.74, 6) is 4.60. The molecule has 6 heterocycles. The molecule has 0 amide bonds. The predicted molar refractivity (Wildman–Crippen MR) is 274 cm³/mol. The minimum absolute atomic E-state index is 0.328. The van der Waals surface area contributed by atoms with Crippen LogP contribution in [0.1, 0.15) is 115 Å². The van der Waals surface area contributed by atoms with Crippen LogP contribution in [0.2, 0.25) is 0 Å². The number of aromatic nitrogens is 6. The molecule has 0 radical (unpaired) electrons. The highest BCUT2D eigenvalue weighted by Gasteiger charge is 2.32. The number of methoxy groups -OCH3 is 1. The summed E-state index contributed by atoms with van der Waals surface area (Å²) >= 11 is 0. The average Bonchev–Trinajstić information content (AvgIpc) is 3.94. The molecule has 4 aromatic heterocycles. The number of H-pyrrole nitrogens is 2. The Bertz CT molecular complexity index is 2890. The summed E-state index contributed by atoms with van der Waals surface area (Å²) in [4.78, 5) is 57.8. The van der Waals surface area contributed by atoms with Gasteiger partial charge in [0.1, 0.15) is 34.6 Å². The molecule has 10 rings (SSSR count). The van der Waals surface area contributed by atoms with Gasteiger partial charge in [0.05, 0.1) is 35.6 Å². The van der Waals surface area contributed by atoms with Crippen LogP contribution in [0.4, 0.5) is 11.6 Å². The smallest absolute Gasteiger partial charge is 0.338 e. The third-order valence-corrected chi connectivity index (χ3v) is 15.0. The molecule has 1 saturated carbocycles. The first-order chi connectivity index (χ1) is 33.9. The number of carbonyl (C=O) groups is 2. The molecule has 7 aromatic rings. The van der Waals surface area contributed by atoms with Crippen molar-refractivity contribution >= 4 is 67.4 Å². The van der Waals surface area contributed by atoms with Gasteiger partial charge in [0, 0.05) is 54.3 Å². The molecular formula is C55H68N10O4. The molecule has 3 aromatic carbocycles. The van der Waals surface area contributed by atoms with Crippen molar-refractivity contribution in [2.75, 3.05) is 76.7 Å². The van der Waals surface area contributed by atoms with E-state index in [1.54, 1.807) is 0 Å². The summed E-state index contributed by atoms with van der Waals surface area (Å²) in [6, 6.07) is 21.7. The zero-order chi connectivity index (χ0) is 47.1. The minimum atomic E-state index is -0.350. The highest BCUT2D eigenvalue weighted by Crippen LogP contribution is 2.40. The second kappa shape index (κ2) is 21.7. The molecule has 0 spiro atoms. The molecule has 3 aliphatic rings. The Morgan fingerprint density at radius 1 is 0.681 bits per heavy atom. The lowest BCUT2D eigenvalue weighted by molar-refractivity contribution is 0.0525. The van der Waals surface area contributed by atoms with Gasteiger partial charge in [-0.25, -0.2) is 29.5 Å². The molecule has 4 N–H and O–H groups in total. The highest BCUT2D eigenvalue weighted by molar-refractivity contribution is 6.13. The summed E-state index contributed by atoms with van der Waals surface area (Å²) in [6.07, 6.45) is 15.0. The molecular weight excluding hydrogens is 865 g/mol. The number of hydrogen-bond acceptors (Lipinski definition) is 12. The normalized spacial score (nSPS) is 19.4. The topological polar surface area (TPSA) is 166 Å². The predicted octanol–water partition coefficient (Wildman–Crippen LogP) is 9.94. The summed E-state index contributed by atoms with van der Waals surface area (Å²) in [7, 11) is 1.42. The maximum absolute atomic E-state index is 12.6. The van der Waals surface area contributed by atoms with Crippen LogP contribution in [0.25, 0.3) is 43.9 Å². The second-order valence-electron chi connectivity index (χ2n) is 19.7. The maximum Gasteiger partial charge on any atom is 0.338 e. The first kappa shape index (κ1) is 46.6. The molecule has 3 unspecified atom stereocenters. The first-order valence-corrected chi connectivity index (χ1v) is 25.8. The van der Waals surface area contributed by atoms with Gasteiger partial charge in [-0.2, -0.15) is 0 Å². The summed E-state index contributed by atoms with van der Waals surface area (Å²) in [5, 5.41) is 11.4. The summed E-state index contributed by atoms with van der Waals surface area (Å²) in [6.45, 7) is 10.6. The maximum atomic E-state index is 12.6. The average molecular weight is 933 g/mol. The van der Waals surface area contributed by atoms with Crippen LogP contribution in [-0.4, -0.2) is 118 Å². The fraction of sp³-hybridized carbons (Fsp3) is 0.491. The van der Waals surface area contributed by atoms with E-state index in [2.05, 4.69) is 42.5 Å². The van der Waals surface area contributed by atoms with Crippen LogP contribution in [0.5, 0.6) is 0 Å². The third-order valence-electron chi connectivity index (χ3n) is 15.0. The van der Waals surface area contributed by atoms with Gasteiger partial charge in [-0.1, -0.05) is 61.7 Å². The van der Waals surface area contributed by atoms with Crippen molar-refractivity contribution in [3.8, 4) is 0 Å². The Morgan fingerprint density at radius 3 is 1.99 bits per heavy atom. The van der Waals surface area contributed by atoms with Crippen molar-refractivity contribution in [2.45, 2.75) is 90.4 Å². The monoisotopic (exact) mass is 933 g/mol. The van der Waals surface area contributed by atoms with Crippen molar-refractivity contribution in [1.82, 2.24) is 39.7 Å². The van der Waals surface area contributed by atoms with Gasteiger partial charge in [-0.15, -0.1) is 0 Å². The molecule has 3 fully saturated rings. The summed E-state index contributed by atoms with van der Waals surface area (Å²) < 4.78 is 10.3. The van der Waals surface area contributed by atoms with Gasteiger partial charge in [-0.05, 0) is 139 Å². The number of fused-ring (bicyclic) bond motifs is 6. The first-order valence-electron chi connectivity index (χ1n) is 25.8. The SMILES string of the molecule is CCOC(=O)c1ccc2c(c1)[nH]c1nc(Cc3ccccc3)nc(NCCCN3CCCC(C4CCCC(Cc5nc(NCCCN6CCCCC6)c6c(n5)[nH]c5cc(C(=O)OC)ccc56)C4)C3)c12. The van der Waals surface area contributed by atoms with Crippen molar-refractivity contribution in [2.24, 2.45) is 17.8 Å². The number of ether oxygens (including phenoxy) is 2. The number of carbonyl (C=O) groups excluding carboxylic acids is 2. The van der Waals surface area contributed by atoms with E-state index >= 15 is 0 Å². The van der Waals surface area contributed by atoms with E-state index in [1.807, 2.05) is 61.5 Å². The number of nitrogens with one attached hydrogen (secondary N) is 4. The molecule has 2 aliphatic heterocycles. The number of piperidine rings is 2. The van der Waals surface area contributed by atoms with Gasteiger partial charge < -0.3 is 39.9 Å². The van der Waals surface area contributed by atoms with Crippen LogP contribution in [0, 0.1) is 17.8 Å². The van der Waals surface area contributed by atoms with Crippen molar-refractivity contribution < 1.29 is 19.1 Å². The van der Waals surface area contributed by atoms with E-state index in [0.717, 1.165) is 131 Å². The van der Waals surface area contributed by atoms with Crippen molar-refractivity contribution in [1.29, 1.82) is 0 Å². The molecule has 362 valence electrons. The molecule has 14 nitrogen and oxygen atoms in total. The number of anilines is 2. The van der Waals surface area contributed by atoms with Crippen LogP contribution in [0.3, 0.4) is 0 Å². The van der Waals surface area contributed by atoms with Gasteiger partial charge in [0.2, 0.25) is 0 Å². The summed E-state index contributed by atoms with van der Waals surface area (Å²) in [5.41, 5.74) is 5.47. The molecule has 69 heavy (non-hydrogen) atoms. The fourth-order valence-corrected chi connectivity index (χ4v) is 11.6. The van der Waals surface area contributed by atoms with Crippen LogP contribution >= 0.6 is 0 Å². The number of benzene rings is 3. The standard InChI is InChI=1S/C55H68N10O4/c1-3-69-55(67)40-20-22-43-45(34-40)59-52-49(43)50(60-46(62-52)31-36-14-6-4-7-15-36)57-24-13-29-65-27-11-18-41(35-65)38-17-10-16-37(30-38)32-47-61-51(56-23-12-28-64-25-8-5-9-26-64)48-42-21-19-39(54(66)68-2)33-44(42)58-53(48)63-47/h4,6-7,14-15,19-22,33-34,37-38,41H,3,5,8-13,16-18,23-32,35H2,1-2H3,(H2,56,58,61,63)(H2,57,59,60,62). The Morgan fingerprint density at radius 2 is 1.30 bits per heavy atom. The molecule has 0 bridgehead atoms. The van der Waals surface area contributed by atoms with Gasteiger partial charge >= 0.3 is 11.9 Å². The van der Waals surface area contributed by atoms with Crippen LogP contribution in [-0.2, 0) is 22.3 Å². The lowest BCUT2D eigenvalue weighted by atomic mass is 9.72. The number of nitrogens with zero attached hydrogens (tertiary/aromatic N) is 6. The van der Waals surface area contributed by atoms with E-state index in [4.69, 9.17) is 29.4 Å². The van der Waals surface area contributed by atoms with Crippen molar-refractivity contribution in [3.05, 3.63) is 95.1 Å². The second-order valence-corrected chi connectivity index (χ2v) is 19.7. The zero-order valence-electron chi connectivity index (χ0n) is 40.5. The van der Waals surface area contributed by atoms with E-state index in [1.165, 1.54) is 78.0 Å². The van der Waals surface area contributed by atoms with E-state index in [-0.39, 0.29) is 11.9 Å². The van der Waals surface area contributed by atoms with Gasteiger partial charge in [0.15, 0.2) is 0 Å². The lowest BCUT2D eigenvalue weighted by Crippen LogP contribution is -2.40. The highest BCUT2D eigenvalue weighted by atomic mass is 16.5. The zero-order valence-corrected chi connectivity index (χ0v) is 40.5. The molecule has 1 aliphatic carbocycles. The van der Waals surface area contributed by atoms with Gasteiger partial charge in [-0.3, -0.25) is 0 Å². The Kier molecular flexibility index (Phi) is 14.6. The Hall–Kier alpha value is -6.12. The number of likely N-dealkylation sites (tertiary alicyclic amines) is 2. The van der Waals surface area contributed by atoms with E-state index in [9.17, 15) is 9.59 Å². The molecule has 3 atom stereocenters. The van der Waals surface area contributed by atoms with Crippen LogP contribution in [0.15, 0.2) is 66.7 Å². The third kappa shape index (κ3) is 10.9. The Balaban J connectivity index is 0.785. The van der Waals surface area contributed by atoms with E-state index < -0.39 is 0 Å². The number of hydrogen-bond donors (Lipinski definition) is 4. The quantitative estimate of drug-likeness (QED) is 0.0476. The Labute approximate surface area is 404 Å². The number of esters is 2. The molecule has 14 heteroatoms. The van der Waals surface area contributed by atoms with E-state index in [0.29, 0.717) is 41.9 Å². The van der Waals surface area contributed by atoms with Crippen LogP contribution < -0.4 is 10.6 Å². The molecule has 2 saturated heterocycles. The van der Waals surface area contributed by atoms with Gasteiger partial charge in [0.25, 0.3) is 0 Å². The minimum Gasteiger partial charge on any atom is -0.465 e. The number of aromatic amines is 2. The number of rotatable bonds is 18. The van der Waals surface area contributed by atoms with Crippen molar-refractivity contribution in [3.63, 3.8) is 0 Å². The largest absolute Gasteiger partial charge is 0.465 e.